The lowest BCUT2D eigenvalue weighted by atomic mass is 9.95. The van der Waals surface area contributed by atoms with Gasteiger partial charge in [-0.05, 0) is 50.2 Å². The van der Waals surface area contributed by atoms with Crippen molar-refractivity contribution in [2.24, 2.45) is 5.92 Å². The fourth-order valence-corrected chi connectivity index (χ4v) is 4.17. The summed E-state index contributed by atoms with van der Waals surface area (Å²) in [4.78, 5) is 26.7. The molecular formula is C24H30ClN3O2. The Morgan fingerprint density at radius 1 is 1.20 bits per heavy atom. The molecule has 2 amide bonds. The van der Waals surface area contributed by atoms with E-state index in [0.29, 0.717) is 23.6 Å². The predicted molar refractivity (Wildman–Crippen MR) is 121 cm³/mol. The number of amides is 2. The number of rotatable bonds is 8. The van der Waals surface area contributed by atoms with Crippen LogP contribution in [-0.2, 0) is 16.6 Å². The van der Waals surface area contributed by atoms with E-state index in [0.717, 1.165) is 12.0 Å². The van der Waals surface area contributed by atoms with Gasteiger partial charge >= 0.3 is 0 Å². The molecule has 30 heavy (non-hydrogen) atoms. The van der Waals surface area contributed by atoms with Crippen LogP contribution in [0.2, 0.25) is 5.02 Å². The van der Waals surface area contributed by atoms with Crippen molar-refractivity contribution in [2.75, 3.05) is 27.7 Å². The minimum Gasteiger partial charge on any atom is -0.355 e. The minimum absolute atomic E-state index is 0.0122. The third-order valence-electron chi connectivity index (χ3n) is 6.23. The molecule has 0 heterocycles. The van der Waals surface area contributed by atoms with E-state index in [1.54, 1.807) is 19.2 Å². The lowest BCUT2D eigenvalue weighted by Crippen LogP contribution is -2.42. The van der Waals surface area contributed by atoms with Crippen LogP contribution in [0.15, 0.2) is 48.5 Å². The smallest absolute Gasteiger partial charge is 0.251 e. The molecule has 5 nitrogen and oxygen atoms in total. The molecule has 6 heteroatoms. The first-order valence-electron chi connectivity index (χ1n) is 10.3. The Kier molecular flexibility index (Phi) is 6.84. The van der Waals surface area contributed by atoms with Crippen LogP contribution in [0, 0.1) is 5.92 Å². The van der Waals surface area contributed by atoms with Crippen LogP contribution in [0.4, 0.5) is 0 Å². The molecule has 3 atom stereocenters. The predicted octanol–water partition coefficient (Wildman–Crippen LogP) is 3.27. The van der Waals surface area contributed by atoms with Crippen molar-refractivity contribution in [3.05, 3.63) is 70.2 Å². The summed E-state index contributed by atoms with van der Waals surface area (Å²) in [6.45, 7) is 2.70. The van der Waals surface area contributed by atoms with E-state index in [1.165, 1.54) is 5.56 Å². The molecule has 160 valence electrons. The highest BCUT2D eigenvalue weighted by Gasteiger charge is 2.55. The lowest BCUT2D eigenvalue weighted by molar-refractivity contribution is -0.122. The van der Waals surface area contributed by atoms with E-state index < -0.39 is 0 Å². The molecule has 1 aliphatic rings. The molecule has 0 aromatic heterocycles. The molecule has 1 fully saturated rings. The molecule has 0 aliphatic heterocycles. The van der Waals surface area contributed by atoms with E-state index in [2.05, 4.69) is 34.6 Å². The van der Waals surface area contributed by atoms with Crippen molar-refractivity contribution in [2.45, 2.75) is 31.2 Å². The quantitative estimate of drug-likeness (QED) is 0.679. The summed E-state index contributed by atoms with van der Waals surface area (Å²) in [7, 11) is 5.58. The minimum atomic E-state index is -0.161. The summed E-state index contributed by atoms with van der Waals surface area (Å²) < 4.78 is 0. The standard InChI is InChI=1S/C24H30ClN3O2/c1-24(18-8-6-5-7-9-18)14-20(24)23(30)27-15-19(28(3)4)12-16-10-11-17(13-21(16)25)22(29)26-2/h5-11,13,19-20H,12,14-15H2,1-4H3,(H,26,29)(H,27,30)/t19?,20-,24-/m1/s1. The largest absolute Gasteiger partial charge is 0.355 e. The average Bonchev–Trinajstić information content (AvgIpc) is 3.44. The second-order valence-electron chi connectivity index (χ2n) is 8.49. The molecule has 0 spiro atoms. The number of benzene rings is 2. The van der Waals surface area contributed by atoms with Crippen molar-refractivity contribution in [3.8, 4) is 0 Å². The zero-order valence-corrected chi connectivity index (χ0v) is 18.8. The number of carbonyl (C=O) groups is 2. The maximum atomic E-state index is 12.8. The van der Waals surface area contributed by atoms with Crippen LogP contribution in [0.1, 0.15) is 34.8 Å². The van der Waals surface area contributed by atoms with Crippen molar-refractivity contribution < 1.29 is 9.59 Å². The third kappa shape index (κ3) is 4.85. The van der Waals surface area contributed by atoms with Gasteiger partial charge in [0, 0.05) is 41.6 Å². The number of halogens is 1. The van der Waals surface area contributed by atoms with Gasteiger partial charge in [-0.1, -0.05) is 54.9 Å². The van der Waals surface area contributed by atoms with Crippen LogP contribution < -0.4 is 10.6 Å². The van der Waals surface area contributed by atoms with E-state index in [-0.39, 0.29) is 29.2 Å². The normalized spacial score (nSPS) is 21.2. The van der Waals surface area contributed by atoms with E-state index in [1.807, 2.05) is 38.4 Å². The van der Waals surface area contributed by atoms with Crippen LogP contribution in [0.5, 0.6) is 0 Å². The zero-order valence-electron chi connectivity index (χ0n) is 18.0. The second kappa shape index (κ2) is 9.19. The zero-order chi connectivity index (χ0) is 21.9. The summed E-state index contributed by atoms with van der Waals surface area (Å²) in [5.41, 5.74) is 2.64. The molecule has 3 rings (SSSR count). The van der Waals surface area contributed by atoms with Gasteiger partial charge in [-0.25, -0.2) is 0 Å². The number of likely N-dealkylation sites (N-methyl/N-ethyl adjacent to an activating group) is 1. The molecular weight excluding hydrogens is 398 g/mol. The lowest BCUT2D eigenvalue weighted by Gasteiger charge is -2.25. The number of hydrogen-bond donors (Lipinski definition) is 2. The molecule has 0 bridgehead atoms. The molecule has 2 N–H and O–H groups in total. The Balaban J connectivity index is 1.60. The molecule has 0 saturated heterocycles. The van der Waals surface area contributed by atoms with Gasteiger partial charge in [0.25, 0.3) is 5.91 Å². The Morgan fingerprint density at radius 3 is 2.50 bits per heavy atom. The van der Waals surface area contributed by atoms with Crippen LogP contribution in [-0.4, -0.2) is 50.4 Å². The monoisotopic (exact) mass is 427 g/mol. The van der Waals surface area contributed by atoms with Gasteiger partial charge in [-0.15, -0.1) is 0 Å². The van der Waals surface area contributed by atoms with Gasteiger partial charge in [0.1, 0.15) is 0 Å². The van der Waals surface area contributed by atoms with Gasteiger partial charge < -0.3 is 15.5 Å². The summed E-state index contributed by atoms with van der Waals surface area (Å²) in [6.07, 6.45) is 1.56. The SMILES string of the molecule is CNC(=O)c1ccc(CC(CNC(=O)[C@H]2C[C@]2(C)c2ccccc2)N(C)C)c(Cl)c1. The van der Waals surface area contributed by atoms with Crippen molar-refractivity contribution >= 4 is 23.4 Å². The highest BCUT2D eigenvalue weighted by atomic mass is 35.5. The van der Waals surface area contributed by atoms with Crippen LogP contribution in [0.25, 0.3) is 0 Å². The number of hydrogen-bond acceptors (Lipinski definition) is 3. The Morgan fingerprint density at radius 2 is 1.90 bits per heavy atom. The van der Waals surface area contributed by atoms with Gasteiger partial charge in [-0.3, -0.25) is 9.59 Å². The highest BCUT2D eigenvalue weighted by molar-refractivity contribution is 6.31. The first-order valence-corrected chi connectivity index (χ1v) is 10.6. The number of carbonyl (C=O) groups excluding carboxylic acids is 2. The topological polar surface area (TPSA) is 61.4 Å². The molecule has 2 aromatic rings. The highest BCUT2D eigenvalue weighted by Crippen LogP contribution is 2.53. The second-order valence-corrected chi connectivity index (χ2v) is 8.90. The number of nitrogens with zero attached hydrogens (tertiary/aromatic N) is 1. The summed E-state index contributed by atoms with van der Waals surface area (Å²) in [6, 6.07) is 15.7. The van der Waals surface area contributed by atoms with E-state index in [9.17, 15) is 9.59 Å². The van der Waals surface area contributed by atoms with Gasteiger partial charge in [0.15, 0.2) is 0 Å². The fraction of sp³-hybridized carbons (Fsp3) is 0.417. The summed E-state index contributed by atoms with van der Waals surface area (Å²) in [5.74, 6) is -0.0434. The Bertz CT molecular complexity index is 916. The maximum Gasteiger partial charge on any atom is 0.251 e. The average molecular weight is 428 g/mol. The third-order valence-corrected chi connectivity index (χ3v) is 6.58. The molecule has 1 unspecified atom stereocenters. The van der Waals surface area contributed by atoms with Gasteiger partial charge in [0.05, 0.1) is 0 Å². The first-order chi connectivity index (χ1) is 14.3. The summed E-state index contributed by atoms with van der Waals surface area (Å²) >= 11 is 6.42. The van der Waals surface area contributed by atoms with Gasteiger partial charge in [0.2, 0.25) is 5.91 Å². The molecule has 1 saturated carbocycles. The van der Waals surface area contributed by atoms with Crippen LogP contribution in [0.3, 0.4) is 0 Å². The summed E-state index contributed by atoms with van der Waals surface area (Å²) in [5, 5.41) is 6.31. The molecule has 2 aromatic carbocycles. The van der Waals surface area contributed by atoms with Crippen molar-refractivity contribution in [3.63, 3.8) is 0 Å². The molecule has 1 aliphatic carbocycles. The van der Waals surface area contributed by atoms with Crippen molar-refractivity contribution in [1.82, 2.24) is 15.5 Å². The fourth-order valence-electron chi connectivity index (χ4n) is 3.92. The van der Waals surface area contributed by atoms with Crippen LogP contribution >= 0.6 is 11.6 Å². The number of nitrogens with one attached hydrogen (secondary N) is 2. The maximum absolute atomic E-state index is 12.8. The Labute approximate surface area is 183 Å². The first kappa shape index (κ1) is 22.3. The van der Waals surface area contributed by atoms with E-state index >= 15 is 0 Å². The molecule has 0 radical (unpaired) electrons. The van der Waals surface area contributed by atoms with Gasteiger partial charge in [-0.2, -0.15) is 0 Å². The Hall–Kier alpha value is -2.37. The van der Waals surface area contributed by atoms with E-state index in [4.69, 9.17) is 11.6 Å². The van der Waals surface area contributed by atoms with Crippen molar-refractivity contribution in [1.29, 1.82) is 0 Å².